The number of hydrogen-bond donors (Lipinski definition) is 0. The number of rotatable bonds is 15. The third-order valence-corrected chi connectivity index (χ3v) is 12.2. The summed E-state index contributed by atoms with van der Waals surface area (Å²) in [5.74, 6) is -18.2. The van der Waals surface area contributed by atoms with Crippen molar-refractivity contribution in [2.24, 2.45) is 0 Å². The first-order valence-electron chi connectivity index (χ1n) is 29.6. The molecule has 54 nitrogen and oxygen atoms in total. The molecule has 0 aliphatic carbocycles. The Bertz CT molecular complexity index is 4110. The topological polar surface area (TPSA) is 1210 Å². The molecule has 12 aromatic heterocycles. The number of hydrogen-bond acceptors (Lipinski definition) is 32. The van der Waals surface area contributed by atoms with Crippen LogP contribution < -0.4 is 81.2 Å². The van der Waals surface area contributed by atoms with Gasteiger partial charge in [-0.3, -0.25) is 9.97 Å². The summed E-state index contributed by atoms with van der Waals surface area (Å²) in [4.78, 5) is 162. The van der Waals surface area contributed by atoms with E-state index in [0.717, 1.165) is 72.8 Å². The largest absolute Gasteiger partial charge is 3.00 e. The third kappa shape index (κ3) is 60.1. The molecule has 0 bridgehead atoms. The minimum absolute atomic E-state index is 0. The van der Waals surface area contributed by atoms with E-state index in [1.54, 1.807) is 24.8 Å². The Morgan fingerprint density at radius 3 is 0.372 bits per heavy atom. The Labute approximate surface area is 794 Å². The molecule has 0 aliphatic rings. The van der Waals surface area contributed by atoms with Crippen molar-refractivity contribution in [1.29, 1.82) is 0 Å². The molecular weight excluding hydrogens is 2080 g/mol. The molecule has 0 fully saturated rings. The number of aromatic carboxylic acids is 12. The van der Waals surface area contributed by atoms with Crippen LogP contribution in [0.25, 0.3) is 33.4 Å². The molecular formula is C72H84CoN12O42Tb2. The molecule has 12 aromatic rings. The van der Waals surface area contributed by atoms with Crippen LogP contribution in [-0.2, 0) is 27.7 Å². The summed E-state index contributed by atoms with van der Waals surface area (Å²) >= 11 is 0. The minimum Gasteiger partial charge on any atom is -0.543 e. The third-order valence-electron chi connectivity index (χ3n) is 12.2. The van der Waals surface area contributed by atoms with Gasteiger partial charge in [-0.25, -0.2) is 49.8 Å². The second-order valence-corrected chi connectivity index (χ2v) is 19.5. The van der Waals surface area contributed by atoms with E-state index < -0.39 is 140 Å². The first kappa shape index (κ1) is 159. The van der Waals surface area contributed by atoms with E-state index in [0.29, 0.717) is 0 Å². The van der Waals surface area contributed by atoms with Crippen LogP contribution in [0.2, 0.25) is 0 Å². The fourth-order valence-electron chi connectivity index (χ4n) is 7.38. The van der Waals surface area contributed by atoms with E-state index in [2.05, 4.69) is 84.1 Å². The number of aromatic nitrogens is 12. The standard InChI is InChI=1S/3C10H8N2.6C7H5NO4.Co.18H2O.2Tb/c3*1-5-11-6-2-9(1)10-3-7-12-8-4-10;6*9-6(10)4-2-1-3-5(8-4)7(11)12;;;;;;;;;;;;;;;;;;;;;/h3*1-8H;6*1-3H,(H,9,10)(H,11,12);;18*1H2;;/q;;;;;;;;;+3;;;;;;;;;;;;;;;;;;;;+3/p-6. The van der Waals surface area contributed by atoms with Gasteiger partial charge in [0, 0.05) is 112 Å². The zero-order valence-corrected chi connectivity index (χ0v) is 70.1. The molecule has 42 N–H and O–H groups in total. The van der Waals surface area contributed by atoms with Gasteiger partial charge in [0.15, 0.2) is 49.6 Å². The Balaban J connectivity index is -0.0000000658. The van der Waals surface area contributed by atoms with E-state index >= 15 is 0 Å². The van der Waals surface area contributed by atoms with Gasteiger partial charge in [0.1, 0.15) is 0 Å². The van der Waals surface area contributed by atoms with Crippen LogP contribution in [-0.4, -0.2) is 199 Å². The van der Waals surface area contributed by atoms with Gasteiger partial charge in [-0.05, 0) is 130 Å². The fourth-order valence-corrected chi connectivity index (χ4v) is 7.38. The number of nitrogens with one attached hydrogen (secondary N) is 4. The van der Waals surface area contributed by atoms with Crippen LogP contribution in [0, 0.1) is 77.2 Å². The molecule has 711 valence electrons. The summed E-state index contributed by atoms with van der Waals surface area (Å²) in [6, 6.07) is 45.5. The summed E-state index contributed by atoms with van der Waals surface area (Å²) < 4.78 is 0. The zero-order valence-electron chi connectivity index (χ0n) is 64.8. The fraction of sp³-hybridized carbons (Fsp3) is 0. The molecule has 0 unspecified atom stereocenters. The zero-order chi connectivity index (χ0) is 79.5. The van der Waals surface area contributed by atoms with Crippen LogP contribution in [0.5, 0.6) is 0 Å². The normalized spacial score (nSPS) is 7.91. The van der Waals surface area contributed by atoms with Gasteiger partial charge in [0.05, 0.1) is 140 Å². The summed E-state index contributed by atoms with van der Waals surface area (Å²) in [7, 11) is 0. The van der Waals surface area contributed by atoms with Gasteiger partial charge in [-0.1, -0.05) is 36.4 Å². The summed E-state index contributed by atoms with van der Waals surface area (Å²) in [6.07, 6.45) is 22.5. The average Bonchev–Trinajstić information content (AvgIpc) is 0.893. The van der Waals surface area contributed by atoms with Crippen LogP contribution in [0.4, 0.5) is 0 Å². The van der Waals surface area contributed by atoms with Crippen molar-refractivity contribution in [2.75, 3.05) is 0 Å². The van der Waals surface area contributed by atoms with Crippen molar-refractivity contribution in [3.05, 3.63) is 325 Å². The molecule has 129 heavy (non-hydrogen) atoms. The van der Waals surface area contributed by atoms with E-state index in [1.165, 1.54) is 69.8 Å². The van der Waals surface area contributed by atoms with Crippen molar-refractivity contribution in [2.45, 2.75) is 0 Å². The quantitative estimate of drug-likeness (QED) is 0.0860. The summed E-state index contributed by atoms with van der Waals surface area (Å²) in [6.45, 7) is 0. The van der Waals surface area contributed by atoms with Gasteiger partial charge in [-0.2, -0.15) is 0 Å². The van der Waals surface area contributed by atoms with Crippen molar-refractivity contribution in [3.63, 3.8) is 0 Å². The smallest absolute Gasteiger partial charge is 0.543 e. The molecule has 12 heterocycles. The maximum absolute atomic E-state index is 10.2. The number of carbonyl (C=O) groups excluding carboxylic acids is 12. The molecule has 0 spiro atoms. The van der Waals surface area contributed by atoms with Crippen LogP contribution in [0.3, 0.4) is 0 Å². The monoisotopic (exact) mass is 2170 g/mol. The molecule has 0 aliphatic heterocycles. The van der Waals surface area contributed by atoms with Crippen molar-refractivity contribution >= 4 is 71.6 Å². The molecule has 0 atom stereocenters. The molecule has 1 radical (unpaired) electrons. The van der Waals surface area contributed by atoms with E-state index in [-0.39, 0.29) is 193 Å². The van der Waals surface area contributed by atoms with Gasteiger partial charge in [-0.15, -0.1) is 0 Å². The predicted octanol–water partition coefficient (Wildman–Crippen LogP) is -24.1. The number of pyridine rings is 12. The van der Waals surface area contributed by atoms with Gasteiger partial charge < -0.3 is 217 Å². The molecule has 57 heteroatoms. The van der Waals surface area contributed by atoms with E-state index in [9.17, 15) is 119 Å². The van der Waals surface area contributed by atoms with E-state index in [1.807, 2.05) is 98.1 Å². The number of carboxylic acid groups (broad SMARTS) is 12. The van der Waals surface area contributed by atoms with Crippen LogP contribution in [0.1, 0.15) is 126 Å². The predicted molar refractivity (Wildman–Crippen MR) is 402 cm³/mol. The van der Waals surface area contributed by atoms with Gasteiger partial charge in [0.25, 0.3) is 0 Å². The second-order valence-electron chi connectivity index (χ2n) is 19.5. The minimum atomic E-state index is -1.52. The first-order chi connectivity index (χ1) is 51.6. The van der Waals surface area contributed by atoms with Crippen molar-refractivity contribution in [1.82, 2.24) is 39.9 Å². The molecule has 0 saturated carbocycles. The average molecular weight is 2170 g/mol. The van der Waals surface area contributed by atoms with Crippen molar-refractivity contribution in [3.8, 4) is 33.4 Å². The number of nitrogens with zero attached hydrogens (tertiary/aromatic N) is 8. The van der Waals surface area contributed by atoms with Crippen molar-refractivity contribution < 1.29 is 331 Å². The van der Waals surface area contributed by atoms with Crippen LogP contribution >= 0.6 is 0 Å². The Morgan fingerprint density at radius 1 is 0.186 bits per heavy atom. The van der Waals surface area contributed by atoms with Crippen LogP contribution in [0.15, 0.2) is 256 Å². The number of carbonyl (C=O) groups is 12. The summed E-state index contributed by atoms with van der Waals surface area (Å²) in [5.41, 5.74) is 2.21. The first-order valence-corrected chi connectivity index (χ1v) is 29.6. The number of H-pyrrole nitrogens is 4. The van der Waals surface area contributed by atoms with Gasteiger partial charge in [0.2, 0.25) is 0 Å². The Kier molecular flexibility index (Phi) is 106. The molecule has 0 saturated heterocycles. The maximum atomic E-state index is 10.2. The Morgan fingerprint density at radius 2 is 0.279 bits per heavy atom. The SMILES string of the molecule is O.O.O.O.O.O.O.O.O.O.O.O.O.O.O.O.O=C([O-])c1cccc(C(=O)[O-])n1.O=C([O-])c1cccc(C(=O)[O-])n1.O=C([O-])c1cccc(C(=O)[O-])n1.O=C([O-])c1cccc(C(=O)[O-])n1.O=C([O-])c1cccc(C(=O)[O-])n1.O=C([O-])c1cccc(C(=O)[O-])n1.[Co+3].[OH3+].[OH3+].[Tb+3].[Tb].c1cc(-c2cc[nH+]cc2)cc[nH+]1.c1cc(-c2cc[nH+]cc2)ccn1.c1cc(-c2cc[nH+]cc2)ccn1. The maximum Gasteiger partial charge on any atom is 3.00 e. The number of carboxylic acids is 12. The van der Waals surface area contributed by atoms with Gasteiger partial charge >= 0.3 is 55.4 Å². The second kappa shape index (κ2) is 85.9. The summed E-state index contributed by atoms with van der Waals surface area (Å²) in [5, 5.41) is 122. The number of aromatic amines is 4. The Hall–Kier alpha value is -14.2. The van der Waals surface area contributed by atoms with E-state index in [4.69, 9.17) is 0 Å². The molecule has 12 rings (SSSR count). The molecule has 0 aromatic carbocycles. The molecule has 0 amide bonds.